The number of hydrogen-bond acceptors (Lipinski definition) is 3. The molecule has 0 spiro atoms. The highest BCUT2D eigenvalue weighted by molar-refractivity contribution is 5.78. The quantitative estimate of drug-likeness (QED) is 0.841. The van der Waals surface area contributed by atoms with Gasteiger partial charge < -0.3 is 11.1 Å². The maximum atomic E-state index is 12.5. The third kappa shape index (κ3) is 3.67. The van der Waals surface area contributed by atoms with Gasteiger partial charge in [0.15, 0.2) is 0 Å². The van der Waals surface area contributed by atoms with Crippen LogP contribution in [-0.2, 0) is 10.2 Å². The first-order chi connectivity index (χ1) is 12.7. The molecule has 4 heteroatoms. The molecule has 2 fully saturated rings. The van der Waals surface area contributed by atoms with Crippen molar-refractivity contribution in [1.29, 1.82) is 0 Å². The SMILES string of the molecule is N[C@@H]1CN(CC(=O)NCC2(c3ccccc3)CC2)C[C@H]1c1ccccc1. The molecule has 1 amide bonds. The fourth-order valence-electron chi connectivity index (χ4n) is 4.13. The number of carbonyl (C=O) groups excluding carboxylic acids is 1. The van der Waals surface area contributed by atoms with Gasteiger partial charge in [0.1, 0.15) is 0 Å². The van der Waals surface area contributed by atoms with Crippen LogP contribution in [0.25, 0.3) is 0 Å². The van der Waals surface area contributed by atoms with Crippen LogP contribution < -0.4 is 11.1 Å². The summed E-state index contributed by atoms with van der Waals surface area (Å²) in [6.45, 7) is 2.79. The molecule has 2 aromatic carbocycles. The zero-order valence-electron chi connectivity index (χ0n) is 15.1. The van der Waals surface area contributed by atoms with Gasteiger partial charge in [-0.1, -0.05) is 60.7 Å². The molecule has 1 saturated heterocycles. The molecule has 1 aliphatic carbocycles. The minimum Gasteiger partial charge on any atom is -0.354 e. The second-order valence-electron chi connectivity index (χ2n) is 7.80. The standard InChI is InChI=1S/C22H27N3O/c23-20-14-25(13-19(20)17-7-3-1-4-8-17)15-21(26)24-16-22(11-12-22)18-9-5-2-6-10-18/h1-10,19-20H,11-16,23H2,(H,24,26)/t19-,20+/m0/s1. The summed E-state index contributed by atoms with van der Waals surface area (Å²) in [5, 5.41) is 3.16. The zero-order valence-corrected chi connectivity index (χ0v) is 15.1. The van der Waals surface area contributed by atoms with E-state index in [2.05, 4.69) is 58.7 Å². The van der Waals surface area contributed by atoms with E-state index in [9.17, 15) is 4.79 Å². The van der Waals surface area contributed by atoms with Crippen LogP contribution in [0.2, 0.25) is 0 Å². The third-order valence-corrected chi connectivity index (χ3v) is 5.90. The molecular weight excluding hydrogens is 322 g/mol. The van der Waals surface area contributed by atoms with Gasteiger partial charge in [0.05, 0.1) is 6.54 Å². The van der Waals surface area contributed by atoms with Gasteiger partial charge in [0, 0.05) is 37.0 Å². The summed E-state index contributed by atoms with van der Waals surface area (Å²) in [4.78, 5) is 14.6. The van der Waals surface area contributed by atoms with Crippen molar-refractivity contribution >= 4 is 5.91 Å². The Morgan fingerprint density at radius 1 is 1.04 bits per heavy atom. The molecule has 1 heterocycles. The summed E-state index contributed by atoms with van der Waals surface area (Å²) in [7, 11) is 0. The molecule has 3 N–H and O–H groups in total. The Morgan fingerprint density at radius 3 is 2.35 bits per heavy atom. The number of likely N-dealkylation sites (tertiary alicyclic amines) is 1. The van der Waals surface area contributed by atoms with Gasteiger partial charge in [-0.2, -0.15) is 0 Å². The number of nitrogens with two attached hydrogens (primary N) is 1. The lowest BCUT2D eigenvalue weighted by Gasteiger charge is -2.19. The van der Waals surface area contributed by atoms with E-state index in [-0.39, 0.29) is 17.4 Å². The average Bonchev–Trinajstić information content (AvgIpc) is 3.39. The molecule has 2 aromatic rings. The summed E-state index contributed by atoms with van der Waals surface area (Å²) in [6.07, 6.45) is 2.31. The molecule has 0 unspecified atom stereocenters. The summed E-state index contributed by atoms with van der Waals surface area (Å²) >= 11 is 0. The van der Waals surface area contributed by atoms with E-state index in [0.717, 1.165) is 32.5 Å². The highest BCUT2D eigenvalue weighted by Gasteiger charge is 2.44. The predicted molar refractivity (Wildman–Crippen MR) is 104 cm³/mol. The van der Waals surface area contributed by atoms with Crippen molar-refractivity contribution < 1.29 is 4.79 Å². The van der Waals surface area contributed by atoms with Crippen LogP contribution in [0.5, 0.6) is 0 Å². The number of amides is 1. The molecule has 1 aliphatic heterocycles. The maximum Gasteiger partial charge on any atom is 0.234 e. The van der Waals surface area contributed by atoms with E-state index in [1.54, 1.807) is 0 Å². The van der Waals surface area contributed by atoms with E-state index in [0.29, 0.717) is 12.5 Å². The van der Waals surface area contributed by atoms with E-state index >= 15 is 0 Å². The molecule has 2 atom stereocenters. The highest BCUT2D eigenvalue weighted by atomic mass is 16.2. The fraction of sp³-hybridized carbons (Fsp3) is 0.409. The van der Waals surface area contributed by atoms with Crippen molar-refractivity contribution in [2.45, 2.75) is 30.2 Å². The van der Waals surface area contributed by atoms with Crippen LogP contribution in [0.1, 0.15) is 29.9 Å². The first kappa shape index (κ1) is 17.3. The van der Waals surface area contributed by atoms with Crippen LogP contribution in [0.4, 0.5) is 0 Å². The molecule has 0 radical (unpaired) electrons. The Balaban J connectivity index is 1.29. The zero-order chi connectivity index (χ0) is 18.0. The topological polar surface area (TPSA) is 58.4 Å². The monoisotopic (exact) mass is 349 g/mol. The van der Waals surface area contributed by atoms with E-state index in [1.165, 1.54) is 11.1 Å². The molecule has 26 heavy (non-hydrogen) atoms. The lowest BCUT2D eigenvalue weighted by atomic mass is 9.95. The molecule has 0 aromatic heterocycles. The fourth-order valence-corrected chi connectivity index (χ4v) is 4.13. The minimum absolute atomic E-state index is 0.0873. The normalized spacial score (nSPS) is 24.3. The number of carbonyl (C=O) groups is 1. The largest absolute Gasteiger partial charge is 0.354 e. The van der Waals surface area contributed by atoms with Gasteiger partial charge in [0.25, 0.3) is 0 Å². The average molecular weight is 349 g/mol. The second-order valence-corrected chi connectivity index (χ2v) is 7.80. The van der Waals surface area contributed by atoms with Crippen molar-refractivity contribution in [1.82, 2.24) is 10.2 Å². The van der Waals surface area contributed by atoms with E-state index in [4.69, 9.17) is 5.73 Å². The van der Waals surface area contributed by atoms with Gasteiger partial charge >= 0.3 is 0 Å². The summed E-state index contributed by atoms with van der Waals surface area (Å²) in [6, 6.07) is 21.0. The lowest BCUT2D eigenvalue weighted by molar-refractivity contribution is -0.122. The summed E-state index contributed by atoms with van der Waals surface area (Å²) in [5.74, 6) is 0.413. The third-order valence-electron chi connectivity index (χ3n) is 5.90. The van der Waals surface area contributed by atoms with Crippen molar-refractivity contribution in [2.24, 2.45) is 5.73 Å². The van der Waals surface area contributed by atoms with Gasteiger partial charge in [-0.3, -0.25) is 9.69 Å². The molecule has 1 saturated carbocycles. The lowest BCUT2D eigenvalue weighted by Crippen LogP contribution is -2.40. The Hall–Kier alpha value is -2.17. The number of benzene rings is 2. The smallest absolute Gasteiger partial charge is 0.234 e. The Morgan fingerprint density at radius 2 is 1.69 bits per heavy atom. The van der Waals surface area contributed by atoms with Crippen molar-refractivity contribution in [2.75, 3.05) is 26.2 Å². The molecule has 4 nitrogen and oxygen atoms in total. The second kappa shape index (κ2) is 7.22. The Bertz CT molecular complexity index is 742. The Kier molecular flexibility index (Phi) is 4.79. The van der Waals surface area contributed by atoms with E-state index < -0.39 is 0 Å². The van der Waals surface area contributed by atoms with Crippen LogP contribution >= 0.6 is 0 Å². The molecule has 0 bridgehead atoms. The molecule has 2 aliphatic rings. The highest BCUT2D eigenvalue weighted by Crippen LogP contribution is 2.47. The van der Waals surface area contributed by atoms with Crippen LogP contribution in [-0.4, -0.2) is 43.0 Å². The van der Waals surface area contributed by atoms with Crippen molar-refractivity contribution in [3.63, 3.8) is 0 Å². The van der Waals surface area contributed by atoms with Gasteiger partial charge in [-0.15, -0.1) is 0 Å². The Labute approximate surface area is 155 Å². The van der Waals surface area contributed by atoms with Crippen molar-refractivity contribution in [3.05, 3.63) is 71.8 Å². The summed E-state index contributed by atoms with van der Waals surface area (Å²) < 4.78 is 0. The minimum atomic E-state index is 0.0873. The molecule has 4 rings (SSSR count). The first-order valence-electron chi connectivity index (χ1n) is 9.51. The first-order valence-corrected chi connectivity index (χ1v) is 9.51. The number of hydrogen-bond donors (Lipinski definition) is 2. The van der Waals surface area contributed by atoms with Crippen LogP contribution in [0.3, 0.4) is 0 Å². The number of nitrogens with zero attached hydrogens (tertiary/aromatic N) is 1. The molecular formula is C22H27N3O. The van der Waals surface area contributed by atoms with Gasteiger partial charge in [0.2, 0.25) is 5.91 Å². The van der Waals surface area contributed by atoms with Crippen molar-refractivity contribution in [3.8, 4) is 0 Å². The number of nitrogens with one attached hydrogen (secondary N) is 1. The predicted octanol–water partition coefficient (Wildman–Crippen LogP) is 2.26. The maximum absolute atomic E-state index is 12.5. The number of rotatable bonds is 6. The van der Waals surface area contributed by atoms with Gasteiger partial charge in [-0.05, 0) is 24.0 Å². The molecule has 136 valence electrons. The van der Waals surface area contributed by atoms with Crippen LogP contribution in [0, 0.1) is 0 Å². The summed E-state index contributed by atoms with van der Waals surface area (Å²) in [5.41, 5.74) is 9.10. The van der Waals surface area contributed by atoms with Crippen LogP contribution in [0.15, 0.2) is 60.7 Å². The van der Waals surface area contributed by atoms with Gasteiger partial charge in [-0.25, -0.2) is 0 Å². The van der Waals surface area contributed by atoms with E-state index in [1.807, 2.05) is 12.1 Å².